The van der Waals surface area contributed by atoms with E-state index in [0.717, 1.165) is 6.07 Å². The third-order valence-electron chi connectivity index (χ3n) is 4.46. The summed E-state index contributed by atoms with van der Waals surface area (Å²) in [5.74, 6) is -1.64. The van der Waals surface area contributed by atoms with Gasteiger partial charge in [-0.05, 0) is 25.1 Å². The topological polar surface area (TPSA) is 116 Å². The van der Waals surface area contributed by atoms with Crippen molar-refractivity contribution in [1.29, 1.82) is 0 Å². The van der Waals surface area contributed by atoms with Crippen LogP contribution in [0.5, 0.6) is 0 Å². The van der Waals surface area contributed by atoms with Gasteiger partial charge in [0.25, 0.3) is 11.8 Å². The number of thiophene rings is 1. The molecule has 4 rings (SSSR count). The molecule has 0 unspecified atom stereocenters. The number of rotatable bonds is 5. The van der Waals surface area contributed by atoms with Gasteiger partial charge in [-0.3, -0.25) is 14.3 Å². The maximum atomic E-state index is 13.4. The number of amides is 2. The van der Waals surface area contributed by atoms with Crippen LogP contribution in [0.25, 0.3) is 21.5 Å². The van der Waals surface area contributed by atoms with Crippen LogP contribution in [0.4, 0.5) is 18.9 Å². The first-order valence-electron chi connectivity index (χ1n) is 9.02. The molecule has 0 spiro atoms. The van der Waals surface area contributed by atoms with E-state index in [-0.39, 0.29) is 42.8 Å². The molecule has 0 aliphatic rings. The summed E-state index contributed by atoms with van der Waals surface area (Å²) in [6, 6.07) is 3.72. The van der Waals surface area contributed by atoms with Gasteiger partial charge in [-0.2, -0.15) is 18.3 Å². The lowest BCUT2D eigenvalue weighted by Gasteiger charge is -2.10. The first kappa shape index (κ1) is 21.8. The summed E-state index contributed by atoms with van der Waals surface area (Å²) >= 11 is 6.70. The minimum Gasteiger partial charge on any atom is -0.464 e. The number of nitrogens with two attached hydrogens (primary N) is 1. The molecule has 32 heavy (non-hydrogen) atoms. The smallest absolute Gasteiger partial charge is 0.433 e. The Morgan fingerprint density at radius 3 is 2.69 bits per heavy atom. The average Bonchev–Trinajstić information content (AvgIpc) is 3.45. The number of nitrogens with one attached hydrogen (secondary N) is 1. The van der Waals surface area contributed by atoms with Crippen LogP contribution in [0.1, 0.15) is 32.8 Å². The fraction of sp³-hybridized carbons (Fsp3) is 0.158. The lowest BCUT2D eigenvalue weighted by Crippen LogP contribution is -2.18. The Balaban J connectivity index is 1.95. The predicted molar refractivity (Wildman–Crippen MR) is 112 cm³/mol. The van der Waals surface area contributed by atoms with Crippen LogP contribution in [0.15, 0.2) is 35.1 Å². The number of primary amides is 1. The van der Waals surface area contributed by atoms with Crippen molar-refractivity contribution in [3.05, 3.63) is 51.9 Å². The Kier molecular flexibility index (Phi) is 5.42. The highest BCUT2D eigenvalue weighted by atomic mass is 35.5. The van der Waals surface area contributed by atoms with E-state index in [0.29, 0.717) is 17.9 Å². The zero-order chi connectivity index (χ0) is 23.2. The molecule has 0 aromatic carbocycles. The fourth-order valence-corrected chi connectivity index (χ4v) is 4.29. The molecule has 166 valence electrons. The molecular formula is C19H13ClF3N5O3S. The summed E-state index contributed by atoms with van der Waals surface area (Å²) < 4.78 is 47.0. The Morgan fingerprint density at radius 1 is 1.38 bits per heavy atom. The Hall–Kier alpha value is -3.38. The number of anilines is 1. The van der Waals surface area contributed by atoms with Gasteiger partial charge in [-0.25, -0.2) is 4.98 Å². The van der Waals surface area contributed by atoms with Gasteiger partial charge in [0.15, 0.2) is 5.69 Å². The highest BCUT2D eigenvalue weighted by molar-refractivity contribution is 7.21. The summed E-state index contributed by atoms with van der Waals surface area (Å²) in [6.07, 6.45) is -2.02. The number of fused-ring (bicyclic) bond motifs is 1. The van der Waals surface area contributed by atoms with Crippen LogP contribution in [0, 0.1) is 0 Å². The molecule has 4 aromatic rings. The van der Waals surface area contributed by atoms with Crippen LogP contribution in [0.3, 0.4) is 0 Å². The van der Waals surface area contributed by atoms with E-state index in [1.165, 1.54) is 29.3 Å². The van der Waals surface area contributed by atoms with Crippen LogP contribution in [-0.4, -0.2) is 26.6 Å². The third-order valence-corrected chi connectivity index (χ3v) is 5.83. The Bertz CT molecular complexity index is 1340. The molecule has 0 fully saturated rings. The van der Waals surface area contributed by atoms with E-state index in [1.807, 2.05) is 0 Å². The average molecular weight is 484 g/mol. The van der Waals surface area contributed by atoms with Gasteiger partial charge in [-0.1, -0.05) is 11.6 Å². The van der Waals surface area contributed by atoms with E-state index >= 15 is 0 Å². The van der Waals surface area contributed by atoms with Gasteiger partial charge < -0.3 is 15.5 Å². The van der Waals surface area contributed by atoms with Crippen LogP contribution >= 0.6 is 22.9 Å². The molecule has 3 N–H and O–H groups in total. The normalized spacial score (nSPS) is 11.8. The van der Waals surface area contributed by atoms with E-state index in [9.17, 15) is 22.8 Å². The zero-order valence-corrected chi connectivity index (χ0v) is 17.7. The summed E-state index contributed by atoms with van der Waals surface area (Å²) in [5, 5.41) is 6.71. The molecule has 0 bridgehead atoms. The molecule has 0 saturated carbocycles. The fourth-order valence-electron chi connectivity index (χ4n) is 3.05. The number of carbonyl (C=O) groups is 2. The second-order valence-corrected chi connectivity index (χ2v) is 7.92. The van der Waals surface area contributed by atoms with E-state index < -0.39 is 23.7 Å². The number of furan rings is 1. The number of alkyl halides is 3. The monoisotopic (exact) mass is 483 g/mol. The van der Waals surface area contributed by atoms with Crippen LogP contribution in [0.2, 0.25) is 5.02 Å². The predicted octanol–water partition coefficient (Wildman–Crippen LogP) is 4.80. The van der Waals surface area contributed by atoms with Crippen molar-refractivity contribution < 1.29 is 27.2 Å². The largest absolute Gasteiger partial charge is 0.464 e. The molecule has 2 amide bonds. The molecular weight excluding hydrogens is 471 g/mol. The first-order chi connectivity index (χ1) is 15.1. The molecule has 0 radical (unpaired) electrons. The summed E-state index contributed by atoms with van der Waals surface area (Å²) in [7, 11) is 0. The minimum absolute atomic E-state index is 0.0171. The van der Waals surface area contributed by atoms with Crippen molar-refractivity contribution in [2.45, 2.75) is 19.6 Å². The first-order valence-corrected chi connectivity index (χ1v) is 10.2. The number of nitrogens with zero attached hydrogens (tertiary/aromatic N) is 3. The summed E-state index contributed by atoms with van der Waals surface area (Å²) in [6.45, 7) is 2.25. The van der Waals surface area contributed by atoms with Crippen molar-refractivity contribution >= 4 is 50.7 Å². The molecule has 0 saturated heterocycles. The standard InChI is InChI=1S/C19H13ClF3N5O3S/c1-2-28-7-9(20)13(27-28)17(30)26-14-12-8(10-4-3-5-31-10)6-11(19(21,22)23)25-18(12)32-15(14)16(24)29/h3-7H,2H2,1H3,(H2,24,29)(H,26,30). The molecule has 4 heterocycles. The molecule has 13 heteroatoms. The zero-order valence-electron chi connectivity index (χ0n) is 16.2. The summed E-state index contributed by atoms with van der Waals surface area (Å²) in [5.41, 5.74) is 4.02. The van der Waals surface area contributed by atoms with E-state index in [1.54, 1.807) is 6.92 Å². The molecule has 8 nitrogen and oxygen atoms in total. The van der Waals surface area contributed by atoms with E-state index in [2.05, 4.69) is 15.4 Å². The van der Waals surface area contributed by atoms with Gasteiger partial charge in [0, 0.05) is 23.7 Å². The van der Waals surface area contributed by atoms with Gasteiger partial charge in [0.05, 0.1) is 17.0 Å². The highest BCUT2D eigenvalue weighted by Crippen LogP contribution is 2.43. The number of hydrogen-bond donors (Lipinski definition) is 2. The number of halogens is 4. The second-order valence-electron chi connectivity index (χ2n) is 6.52. The number of carbonyl (C=O) groups excluding carboxylic acids is 2. The van der Waals surface area contributed by atoms with Crippen molar-refractivity contribution in [3.8, 4) is 11.3 Å². The van der Waals surface area contributed by atoms with Gasteiger partial charge >= 0.3 is 6.18 Å². The maximum absolute atomic E-state index is 13.4. The SMILES string of the molecule is CCn1cc(Cl)c(C(=O)Nc2c(C(N)=O)sc3nc(C(F)(F)F)cc(-c4ccco4)c23)n1. The number of aromatic nitrogens is 3. The van der Waals surface area contributed by atoms with Crippen molar-refractivity contribution in [3.63, 3.8) is 0 Å². The maximum Gasteiger partial charge on any atom is 0.433 e. The molecule has 0 aliphatic carbocycles. The van der Waals surface area contributed by atoms with Crippen molar-refractivity contribution in [2.75, 3.05) is 5.32 Å². The second kappa shape index (κ2) is 7.95. The molecule has 0 atom stereocenters. The Morgan fingerprint density at radius 2 is 2.12 bits per heavy atom. The number of hydrogen-bond acceptors (Lipinski definition) is 6. The number of aryl methyl sites for hydroxylation is 1. The molecule has 0 aliphatic heterocycles. The lowest BCUT2D eigenvalue weighted by atomic mass is 10.1. The van der Waals surface area contributed by atoms with Crippen LogP contribution < -0.4 is 11.1 Å². The third kappa shape index (κ3) is 3.82. The van der Waals surface area contributed by atoms with Crippen molar-refractivity contribution in [2.24, 2.45) is 5.73 Å². The number of pyridine rings is 1. The Labute approximate surface area is 186 Å². The highest BCUT2D eigenvalue weighted by Gasteiger charge is 2.35. The van der Waals surface area contributed by atoms with Gasteiger partial charge in [0.1, 0.15) is 21.2 Å². The summed E-state index contributed by atoms with van der Waals surface area (Å²) in [4.78, 5) is 28.2. The molecule has 4 aromatic heterocycles. The van der Waals surface area contributed by atoms with Crippen LogP contribution in [-0.2, 0) is 12.7 Å². The van der Waals surface area contributed by atoms with Crippen molar-refractivity contribution in [1.82, 2.24) is 14.8 Å². The van der Waals surface area contributed by atoms with Gasteiger partial charge in [-0.15, -0.1) is 11.3 Å². The van der Waals surface area contributed by atoms with Gasteiger partial charge in [0.2, 0.25) is 0 Å². The quantitative estimate of drug-likeness (QED) is 0.423. The van der Waals surface area contributed by atoms with E-state index in [4.69, 9.17) is 21.8 Å². The lowest BCUT2D eigenvalue weighted by molar-refractivity contribution is -0.140. The minimum atomic E-state index is -4.75.